The van der Waals surface area contributed by atoms with Gasteiger partial charge in [-0.2, -0.15) is 0 Å². The number of aliphatic hydroxyl groups excluding tert-OH is 1. The lowest BCUT2D eigenvalue weighted by Crippen LogP contribution is -2.12. The summed E-state index contributed by atoms with van der Waals surface area (Å²) in [5.74, 6) is -1.46. The van der Waals surface area contributed by atoms with Crippen molar-refractivity contribution in [2.24, 2.45) is 0 Å². The van der Waals surface area contributed by atoms with E-state index in [0.29, 0.717) is 0 Å². The number of carboxylic acid groups (broad SMARTS) is 1. The van der Waals surface area contributed by atoms with Crippen molar-refractivity contribution in [3.63, 3.8) is 0 Å². The first kappa shape index (κ1) is 10.9. The Morgan fingerprint density at radius 1 is 1.53 bits per heavy atom. The van der Waals surface area contributed by atoms with Crippen LogP contribution in [0.15, 0.2) is 18.2 Å². The second kappa shape index (κ2) is 3.93. The Hall–Kier alpha value is -2.15. The van der Waals surface area contributed by atoms with Gasteiger partial charge in [0.15, 0.2) is 6.10 Å². The average molecular weight is 212 g/mol. The van der Waals surface area contributed by atoms with Crippen molar-refractivity contribution in [3.05, 3.63) is 33.9 Å². The third-order valence-electron chi connectivity index (χ3n) is 1.81. The highest BCUT2D eigenvalue weighted by Crippen LogP contribution is 2.25. The van der Waals surface area contributed by atoms with Gasteiger partial charge in [0.05, 0.1) is 4.92 Å². The summed E-state index contributed by atoms with van der Waals surface area (Å²) < 4.78 is 0. The molecule has 1 unspecified atom stereocenters. The number of nitrogen functional groups attached to an aromatic ring is 1. The van der Waals surface area contributed by atoms with Gasteiger partial charge in [-0.1, -0.05) is 0 Å². The highest BCUT2D eigenvalue weighted by molar-refractivity contribution is 5.77. The standard InChI is InChI=1S/C8H8N2O5/c9-6-3-4(10(14)15)1-2-5(6)7(11)8(12)13/h1-3,7,11H,9H2,(H,12,13). The minimum Gasteiger partial charge on any atom is -0.479 e. The third kappa shape index (κ3) is 2.20. The van der Waals surface area contributed by atoms with Crippen LogP contribution in [0.2, 0.25) is 0 Å². The van der Waals surface area contributed by atoms with Gasteiger partial charge in [0.1, 0.15) is 0 Å². The SMILES string of the molecule is Nc1cc([N+](=O)[O-])ccc1C(O)C(=O)O. The van der Waals surface area contributed by atoms with Crippen molar-refractivity contribution >= 4 is 17.3 Å². The van der Waals surface area contributed by atoms with Gasteiger partial charge in [0.25, 0.3) is 5.69 Å². The first-order valence-electron chi connectivity index (χ1n) is 3.88. The quantitative estimate of drug-likeness (QED) is 0.375. The summed E-state index contributed by atoms with van der Waals surface area (Å²) in [5.41, 5.74) is 4.93. The second-order valence-corrected chi connectivity index (χ2v) is 2.81. The minimum absolute atomic E-state index is 0.0619. The molecule has 0 saturated carbocycles. The molecule has 7 nitrogen and oxygen atoms in total. The molecule has 80 valence electrons. The van der Waals surface area contributed by atoms with Gasteiger partial charge >= 0.3 is 5.97 Å². The van der Waals surface area contributed by atoms with E-state index in [9.17, 15) is 14.9 Å². The van der Waals surface area contributed by atoms with E-state index in [-0.39, 0.29) is 16.9 Å². The van der Waals surface area contributed by atoms with Crippen LogP contribution in [0, 0.1) is 10.1 Å². The van der Waals surface area contributed by atoms with Crippen LogP contribution in [-0.4, -0.2) is 21.1 Å². The van der Waals surface area contributed by atoms with Crippen LogP contribution in [0.3, 0.4) is 0 Å². The zero-order valence-corrected chi connectivity index (χ0v) is 7.45. The van der Waals surface area contributed by atoms with Gasteiger partial charge in [-0.05, 0) is 6.07 Å². The Balaban J connectivity index is 3.13. The molecule has 0 bridgehead atoms. The molecule has 0 saturated heterocycles. The normalized spacial score (nSPS) is 12.1. The molecule has 0 heterocycles. The topological polar surface area (TPSA) is 127 Å². The van der Waals surface area contributed by atoms with Crippen LogP contribution in [0.25, 0.3) is 0 Å². The van der Waals surface area contributed by atoms with Crippen LogP contribution in [0.1, 0.15) is 11.7 Å². The van der Waals surface area contributed by atoms with Crippen LogP contribution >= 0.6 is 0 Å². The number of rotatable bonds is 3. The summed E-state index contributed by atoms with van der Waals surface area (Å²) in [4.78, 5) is 20.1. The minimum atomic E-state index is -1.77. The van der Waals surface area contributed by atoms with Gasteiger partial charge in [-0.3, -0.25) is 10.1 Å². The fourth-order valence-electron chi connectivity index (χ4n) is 1.06. The molecular formula is C8H8N2O5. The number of hydrogen-bond donors (Lipinski definition) is 3. The molecule has 1 atom stereocenters. The Bertz CT molecular complexity index is 417. The number of aliphatic carboxylic acids is 1. The van der Waals surface area contributed by atoms with Crippen molar-refractivity contribution in [2.45, 2.75) is 6.10 Å². The highest BCUT2D eigenvalue weighted by Gasteiger charge is 2.20. The Morgan fingerprint density at radius 2 is 2.13 bits per heavy atom. The van der Waals surface area contributed by atoms with Crippen molar-refractivity contribution in [2.75, 3.05) is 5.73 Å². The van der Waals surface area contributed by atoms with Gasteiger partial charge in [-0.25, -0.2) is 4.79 Å². The molecule has 7 heteroatoms. The molecule has 1 aromatic carbocycles. The van der Waals surface area contributed by atoms with Crippen molar-refractivity contribution in [1.29, 1.82) is 0 Å². The second-order valence-electron chi connectivity index (χ2n) is 2.81. The molecule has 0 amide bonds. The van der Waals surface area contributed by atoms with Crippen LogP contribution in [0.5, 0.6) is 0 Å². The lowest BCUT2D eigenvalue weighted by molar-refractivity contribution is -0.384. The zero-order chi connectivity index (χ0) is 11.6. The fourth-order valence-corrected chi connectivity index (χ4v) is 1.06. The summed E-state index contributed by atoms with van der Waals surface area (Å²) in [6, 6.07) is 3.20. The molecule has 1 rings (SSSR count). The van der Waals surface area contributed by atoms with E-state index in [1.54, 1.807) is 0 Å². The summed E-state index contributed by atoms with van der Waals surface area (Å²) in [5, 5.41) is 28.0. The van der Waals surface area contributed by atoms with Gasteiger partial charge in [0, 0.05) is 23.4 Å². The molecule has 0 fully saturated rings. The van der Waals surface area contributed by atoms with E-state index in [0.717, 1.165) is 18.2 Å². The van der Waals surface area contributed by atoms with E-state index in [4.69, 9.17) is 15.9 Å². The number of carboxylic acids is 1. The maximum absolute atomic E-state index is 10.4. The van der Waals surface area contributed by atoms with Gasteiger partial charge in [-0.15, -0.1) is 0 Å². The summed E-state index contributed by atoms with van der Waals surface area (Å²) in [7, 11) is 0. The van der Waals surface area contributed by atoms with Crippen LogP contribution < -0.4 is 5.73 Å². The number of nitro groups is 1. The molecule has 0 aliphatic heterocycles. The number of hydrogen-bond acceptors (Lipinski definition) is 5. The number of benzene rings is 1. The number of carbonyl (C=O) groups is 1. The Kier molecular flexibility index (Phi) is 2.86. The van der Waals surface area contributed by atoms with E-state index >= 15 is 0 Å². The van der Waals surface area contributed by atoms with Crippen LogP contribution in [-0.2, 0) is 4.79 Å². The van der Waals surface area contributed by atoms with Crippen molar-refractivity contribution < 1.29 is 19.9 Å². The van der Waals surface area contributed by atoms with Gasteiger partial charge in [0.2, 0.25) is 0 Å². The molecule has 15 heavy (non-hydrogen) atoms. The number of non-ortho nitro benzene ring substituents is 1. The first-order valence-corrected chi connectivity index (χ1v) is 3.88. The monoisotopic (exact) mass is 212 g/mol. The molecule has 0 aliphatic rings. The number of nitrogens with zero attached hydrogens (tertiary/aromatic N) is 1. The lowest BCUT2D eigenvalue weighted by atomic mass is 10.1. The van der Waals surface area contributed by atoms with Gasteiger partial charge < -0.3 is 15.9 Å². The van der Waals surface area contributed by atoms with E-state index < -0.39 is 17.0 Å². The molecule has 0 spiro atoms. The Morgan fingerprint density at radius 3 is 2.53 bits per heavy atom. The average Bonchev–Trinajstić information content (AvgIpc) is 2.16. The summed E-state index contributed by atoms with van der Waals surface area (Å²) >= 11 is 0. The smallest absolute Gasteiger partial charge is 0.337 e. The lowest BCUT2D eigenvalue weighted by Gasteiger charge is -2.08. The fraction of sp³-hybridized carbons (Fsp3) is 0.125. The largest absolute Gasteiger partial charge is 0.479 e. The van der Waals surface area contributed by atoms with E-state index in [2.05, 4.69) is 0 Å². The molecule has 1 aromatic rings. The maximum Gasteiger partial charge on any atom is 0.337 e. The molecule has 0 aliphatic carbocycles. The van der Waals surface area contributed by atoms with Crippen molar-refractivity contribution in [1.82, 2.24) is 0 Å². The summed E-state index contributed by atoms with van der Waals surface area (Å²) in [6.07, 6.45) is -1.77. The van der Waals surface area contributed by atoms with Crippen molar-refractivity contribution in [3.8, 4) is 0 Å². The van der Waals surface area contributed by atoms with E-state index in [1.165, 1.54) is 0 Å². The third-order valence-corrected chi connectivity index (χ3v) is 1.81. The highest BCUT2D eigenvalue weighted by atomic mass is 16.6. The zero-order valence-electron chi connectivity index (χ0n) is 7.45. The number of anilines is 1. The Labute approximate surface area is 83.9 Å². The first-order chi connectivity index (χ1) is 6.93. The molecular weight excluding hydrogens is 204 g/mol. The maximum atomic E-state index is 10.4. The molecule has 4 N–H and O–H groups in total. The molecule has 0 radical (unpaired) electrons. The predicted molar refractivity (Wildman–Crippen MR) is 50.1 cm³/mol. The van der Waals surface area contributed by atoms with E-state index in [1.807, 2.05) is 0 Å². The number of aliphatic hydroxyl groups is 1. The molecule has 0 aromatic heterocycles. The summed E-state index contributed by atoms with van der Waals surface area (Å²) in [6.45, 7) is 0. The van der Waals surface area contributed by atoms with Crippen LogP contribution in [0.4, 0.5) is 11.4 Å². The number of nitrogens with two attached hydrogens (primary N) is 1. The number of nitro benzene ring substituents is 1. The predicted octanol–water partition coefficient (Wildman–Crippen LogP) is 0.295.